The zero-order chi connectivity index (χ0) is 37.6. The van der Waals surface area contributed by atoms with E-state index in [1.54, 1.807) is 0 Å². The van der Waals surface area contributed by atoms with Crippen molar-refractivity contribution in [2.24, 2.45) is 0 Å². The molecule has 0 aliphatic carbocycles. The number of carbonyl (C=O) groups is 1. The van der Waals surface area contributed by atoms with Crippen LogP contribution in [-0.4, -0.2) is 162 Å². The number of ether oxygens (including phenoxy) is 13. The predicted molar refractivity (Wildman–Crippen MR) is 188 cm³/mol. The van der Waals surface area contributed by atoms with E-state index in [0.29, 0.717) is 79.3 Å². The molecule has 0 fully saturated rings. The number of hydrogen-bond acceptors (Lipinski definition) is 15. The highest BCUT2D eigenvalue weighted by Crippen LogP contribution is 2.39. The molecular formula is C36H64O15. The molecule has 0 unspecified atom stereocenters. The normalized spacial score (nSPS) is 11.9. The minimum atomic E-state index is -0.569. The van der Waals surface area contributed by atoms with Crippen LogP contribution in [0.5, 0.6) is 17.2 Å². The number of esters is 1. The molecule has 1 N–H and O–H groups in total. The summed E-state index contributed by atoms with van der Waals surface area (Å²) < 4.78 is 72.7. The van der Waals surface area contributed by atoms with E-state index in [1.807, 2.05) is 41.5 Å². The molecule has 0 spiro atoms. The molecule has 0 aliphatic heterocycles. The SMILES string of the molecule is COC(=O)c1cc(OCCOCCOCCOCCOC(C)(C)C)c(OCCOCCO)c(OCCOCCOCCOCCOC(C)(C)C)c1. The van der Waals surface area contributed by atoms with Gasteiger partial charge < -0.3 is 66.7 Å². The van der Waals surface area contributed by atoms with Crippen molar-refractivity contribution in [3.8, 4) is 17.2 Å². The molecule has 51 heavy (non-hydrogen) atoms. The first-order valence-electron chi connectivity index (χ1n) is 17.5. The van der Waals surface area contributed by atoms with Gasteiger partial charge in [-0.2, -0.15) is 0 Å². The van der Waals surface area contributed by atoms with Crippen molar-refractivity contribution in [1.82, 2.24) is 0 Å². The van der Waals surface area contributed by atoms with Gasteiger partial charge in [-0.3, -0.25) is 0 Å². The number of rotatable bonds is 33. The Kier molecular flexibility index (Phi) is 26.7. The monoisotopic (exact) mass is 736 g/mol. The Balaban J connectivity index is 2.52. The molecule has 0 saturated carbocycles. The van der Waals surface area contributed by atoms with E-state index in [2.05, 4.69) is 0 Å². The van der Waals surface area contributed by atoms with E-state index in [1.165, 1.54) is 19.2 Å². The van der Waals surface area contributed by atoms with Crippen LogP contribution in [0.2, 0.25) is 0 Å². The van der Waals surface area contributed by atoms with Crippen LogP contribution in [0.4, 0.5) is 0 Å². The van der Waals surface area contributed by atoms with Crippen LogP contribution >= 0.6 is 0 Å². The third-order valence-electron chi connectivity index (χ3n) is 6.14. The Morgan fingerprint density at radius 2 is 0.804 bits per heavy atom. The molecule has 0 radical (unpaired) electrons. The lowest BCUT2D eigenvalue weighted by molar-refractivity contribution is -0.0454. The number of benzene rings is 1. The second kappa shape index (κ2) is 29.2. The highest BCUT2D eigenvalue weighted by Gasteiger charge is 2.20. The van der Waals surface area contributed by atoms with Crippen molar-refractivity contribution >= 4 is 5.97 Å². The highest BCUT2D eigenvalue weighted by atomic mass is 16.6. The van der Waals surface area contributed by atoms with Crippen molar-refractivity contribution in [3.05, 3.63) is 17.7 Å². The fourth-order valence-corrected chi connectivity index (χ4v) is 3.86. The quantitative estimate of drug-likeness (QED) is 0.0827. The average molecular weight is 737 g/mol. The van der Waals surface area contributed by atoms with Gasteiger partial charge in [0, 0.05) is 0 Å². The molecule has 15 nitrogen and oxygen atoms in total. The smallest absolute Gasteiger partial charge is 0.338 e. The summed E-state index contributed by atoms with van der Waals surface area (Å²) in [6.07, 6.45) is 0. The zero-order valence-corrected chi connectivity index (χ0v) is 32.0. The van der Waals surface area contributed by atoms with Crippen LogP contribution in [0.15, 0.2) is 12.1 Å². The lowest BCUT2D eigenvalue weighted by atomic mass is 10.2. The Labute approximate surface area is 304 Å². The lowest BCUT2D eigenvalue weighted by Gasteiger charge is -2.19. The molecule has 0 amide bonds. The maximum Gasteiger partial charge on any atom is 0.338 e. The van der Waals surface area contributed by atoms with Gasteiger partial charge in [0.1, 0.15) is 19.8 Å². The number of aliphatic hydroxyl groups excluding tert-OH is 1. The number of methoxy groups -OCH3 is 1. The fraction of sp³-hybridized carbons (Fsp3) is 0.806. The summed E-state index contributed by atoms with van der Waals surface area (Å²) in [4.78, 5) is 12.5. The molecule has 0 bridgehead atoms. The first kappa shape index (κ1) is 46.7. The maximum absolute atomic E-state index is 12.5. The van der Waals surface area contributed by atoms with Crippen molar-refractivity contribution in [1.29, 1.82) is 0 Å². The molecule has 1 rings (SSSR count). The van der Waals surface area contributed by atoms with Gasteiger partial charge in [-0.25, -0.2) is 4.79 Å². The van der Waals surface area contributed by atoms with Crippen molar-refractivity contribution in [2.45, 2.75) is 52.7 Å². The third-order valence-corrected chi connectivity index (χ3v) is 6.14. The molecular weight excluding hydrogens is 672 g/mol. The summed E-state index contributed by atoms with van der Waals surface area (Å²) in [7, 11) is 1.29. The van der Waals surface area contributed by atoms with Gasteiger partial charge in [0.2, 0.25) is 5.75 Å². The molecule has 1 aromatic carbocycles. The van der Waals surface area contributed by atoms with E-state index < -0.39 is 5.97 Å². The number of aliphatic hydroxyl groups is 1. The van der Waals surface area contributed by atoms with Gasteiger partial charge in [-0.1, -0.05) is 0 Å². The van der Waals surface area contributed by atoms with E-state index >= 15 is 0 Å². The van der Waals surface area contributed by atoms with Gasteiger partial charge in [0.15, 0.2) is 11.5 Å². The molecule has 0 heterocycles. The van der Waals surface area contributed by atoms with Crippen LogP contribution in [0.25, 0.3) is 0 Å². The summed E-state index contributed by atoms with van der Waals surface area (Å²) in [5, 5.41) is 8.99. The van der Waals surface area contributed by atoms with Crippen LogP contribution in [0, 0.1) is 0 Å². The number of hydrogen-bond donors (Lipinski definition) is 1. The summed E-state index contributed by atoms with van der Waals surface area (Å²) in [5.74, 6) is 0.247. The average Bonchev–Trinajstić information content (AvgIpc) is 3.07. The minimum absolute atomic E-state index is 0.103. The molecule has 0 atom stereocenters. The number of carbonyl (C=O) groups excluding carboxylic acids is 1. The Hall–Kier alpha value is -2.31. The van der Waals surface area contributed by atoms with Crippen LogP contribution in [0.1, 0.15) is 51.9 Å². The van der Waals surface area contributed by atoms with Crippen LogP contribution in [0.3, 0.4) is 0 Å². The Morgan fingerprint density at radius 1 is 0.490 bits per heavy atom. The molecule has 298 valence electrons. The zero-order valence-electron chi connectivity index (χ0n) is 32.0. The van der Waals surface area contributed by atoms with E-state index in [-0.39, 0.29) is 86.9 Å². The van der Waals surface area contributed by atoms with Crippen LogP contribution < -0.4 is 14.2 Å². The van der Waals surface area contributed by atoms with Gasteiger partial charge in [0.25, 0.3) is 0 Å². The van der Waals surface area contributed by atoms with E-state index in [4.69, 9.17) is 66.7 Å². The predicted octanol–water partition coefficient (Wildman–Crippen LogP) is 3.35. The second-order valence-electron chi connectivity index (χ2n) is 12.8. The highest BCUT2D eigenvalue weighted by molar-refractivity contribution is 5.91. The summed E-state index contributed by atoms with van der Waals surface area (Å²) >= 11 is 0. The van der Waals surface area contributed by atoms with Gasteiger partial charge in [0.05, 0.1) is 136 Å². The fourth-order valence-electron chi connectivity index (χ4n) is 3.86. The summed E-state index contributed by atoms with van der Waals surface area (Å²) in [6.45, 7) is 18.7. The van der Waals surface area contributed by atoms with Gasteiger partial charge in [-0.15, -0.1) is 0 Å². The van der Waals surface area contributed by atoms with E-state index in [0.717, 1.165) is 0 Å². The van der Waals surface area contributed by atoms with Crippen molar-refractivity contribution in [2.75, 3.05) is 139 Å². The second-order valence-corrected chi connectivity index (χ2v) is 12.8. The minimum Gasteiger partial charge on any atom is -0.487 e. The molecule has 1 aromatic rings. The van der Waals surface area contributed by atoms with Crippen molar-refractivity contribution in [3.63, 3.8) is 0 Å². The standard InChI is InChI=1S/C36H64O15/c1-35(2,3)50-26-21-45-16-12-41-10-14-43-18-23-47-31-28-30(34(38)39-7)29-32(33(31)49-25-20-40-9-8-37)48-24-19-44-15-11-42-13-17-46-22-27-51-36(4,5)6/h28-29,37H,8-27H2,1-7H3. The first-order chi connectivity index (χ1) is 24.5. The van der Waals surface area contributed by atoms with Gasteiger partial charge in [-0.05, 0) is 53.7 Å². The molecule has 0 aliphatic rings. The topological polar surface area (TPSA) is 157 Å². The lowest BCUT2D eigenvalue weighted by Crippen LogP contribution is -2.22. The van der Waals surface area contributed by atoms with Crippen LogP contribution in [-0.2, 0) is 47.4 Å². The van der Waals surface area contributed by atoms with Crippen molar-refractivity contribution < 1.29 is 71.5 Å². The largest absolute Gasteiger partial charge is 0.487 e. The Bertz CT molecular complexity index is 933. The summed E-state index contributed by atoms with van der Waals surface area (Å²) in [5.41, 5.74) is -0.151. The van der Waals surface area contributed by atoms with E-state index in [9.17, 15) is 4.79 Å². The maximum atomic E-state index is 12.5. The molecule has 0 aromatic heterocycles. The molecule has 15 heteroatoms. The Morgan fingerprint density at radius 3 is 1.14 bits per heavy atom. The third kappa shape index (κ3) is 27.0. The van der Waals surface area contributed by atoms with Gasteiger partial charge >= 0.3 is 5.97 Å². The summed E-state index contributed by atoms with van der Waals surface area (Å²) in [6, 6.07) is 3.04. The first-order valence-corrected chi connectivity index (χ1v) is 17.5. The molecule has 0 saturated heterocycles.